The van der Waals surface area contributed by atoms with E-state index in [0.717, 1.165) is 26.1 Å². The molecule has 8 heteroatoms. The Kier molecular flexibility index (Phi) is 5.39. The molecule has 0 saturated carbocycles. The monoisotopic (exact) mass is 368 g/mol. The van der Waals surface area contributed by atoms with Crippen molar-refractivity contribution in [2.45, 2.75) is 38.4 Å². The summed E-state index contributed by atoms with van der Waals surface area (Å²) in [6.07, 6.45) is 4.23. The fourth-order valence-electron chi connectivity index (χ4n) is 2.91. The van der Waals surface area contributed by atoms with E-state index in [0.29, 0.717) is 19.0 Å². The molecule has 6 nitrogen and oxygen atoms in total. The zero-order valence-electron chi connectivity index (χ0n) is 14.1. The number of nitrogens with zero attached hydrogens (tertiary/aromatic N) is 3. The van der Waals surface area contributed by atoms with E-state index in [1.165, 1.54) is 10.4 Å². The van der Waals surface area contributed by atoms with Crippen molar-refractivity contribution in [3.63, 3.8) is 0 Å². The Morgan fingerprint density at radius 2 is 2.25 bits per heavy atom. The number of hydrogen-bond acceptors (Lipinski definition) is 5. The number of aromatic nitrogens is 2. The van der Waals surface area contributed by atoms with Gasteiger partial charge in [-0.15, -0.1) is 11.3 Å². The highest BCUT2D eigenvalue weighted by molar-refractivity contribution is 7.89. The van der Waals surface area contributed by atoms with Gasteiger partial charge in [-0.1, -0.05) is 13.8 Å². The van der Waals surface area contributed by atoms with Crippen LogP contribution in [0.4, 0.5) is 0 Å². The molecule has 2 aromatic rings. The van der Waals surface area contributed by atoms with E-state index in [2.05, 4.69) is 39.9 Å². The van der Waals surface area contributed by atoms with E-state index >= 15 is 0 Å². The third-order valence-electron chi connectivity index (χ3n) is 4.07. The number of fused-ring (bicyclic) bond motifs is 1. The van der Waals surface area contributed by atoms with Gasteiger partial charge in [0, 0.05) is 43.8 Å². The van der Waals surface area contributed by atoms with Crippen molar-refractivity contribution < 1.29 is 8.42 Å². The molecule has 0 bridgehead atoms. The summed E-state index contributed by atoms with van der Waals surface area (Å²) >= 11 is 1.81. The summed E-state index contributed by atoms with van der Waals surface area (Å²) in [6, 6.07) is 2.16. The zero-order valence-corrected chi connectivity index (χ0v) is 15.7. The first-order valence-electron chi connectivity index (χ1n) is 8.23. The smallest absolute Gasteiger partial charge is 0.259 e. The van der Waals surface area contributed by atoms with Gasteiger partial charge in [-0.3, -0.25) is 4.90 Å². The van der Waals surface area contributed by atoms with Crippen LogP contribution in [-0.2, 0) is 29.5 Å². The van der Waals surface area contributed by atoms with Gasteiger partial charge in [-0.05, 0) is 29.3 Å². The molecular weight excluding hydrogens is 344 g/mol. The highest BCUT2D eigenvalue weighted by Crippen LogP contribution is 2.23. The maximum Gasteiger partial charge on any atom is 0.259 e. The van der Waals surface area contributed by atoms with E-state index < -0.39 is 10.0 Å². The summed E-state index contributed by atoms with van der Waals surface area (Å²) < 4.78 is 29.1. The zero-order chi connectivity index (χ0) is 17.2. The Hall–Kier alpha value is -1.22. The van der Waals surface area contributed by atoms with Crippen molar-refractivity contribution >= 4 is 21.4 Å². The van der Waals surface area contributed by atoms with E-state index in [1.54, 1.807) is 12.5 Å². The van der Waals surface area contributed by atoms with Crippen molar-refractivity contribution in [1.82, 2.24) is 19.2 Å². The first-order valence-corrected chi connectivity index (χ1v) is 10.6. The van der Waals surface area contributed by atoms with Gasteiger partial charge in [0.1, 0.15) is 0 Å². The second-order valence-corrected chi connectivity index (χ2v) is 9.31. The second kappa shape index (κ2) is 7.35. The first kappa shape index (κ1) is 17.6. The van der Waals surface area contributed by atoms with Crippen LogP contribution in [-0.4, -0.2) is 42.5 Å². The molecule has 0 amide bonds. The van der Waals surface area contributed by atoms with Crippen molar-refractivity contribution in [2.24, 2.45) is 5.92 Å². The molecule has 1 aliphatic rings. The third-order valence-corrected chi connectivity index (χ3v) is 6.44. The standard InChI is InChI=1S/C16H24N4O2S2/c1-13(2)9-20-11-16(17-12-20)24(21,22)18-5-7-19-6-3-15-14(10-19)4-8-23-15/h4,8,11-13,18H,3,5-7,9-10H2,1-2H3. The van der Waals surface area contributed by atoms with Gasteiger partial charge in [-0.25, -0.2) is 18.1 Å². The van der Waals surface area contributed by atoms with Gasteiger partial charge in [0.25, 0.3) is 10.0 Å². The maximum atomic E-state index is 12.3. The van der Waals surface area contributed by atoms with Crippen LogP contribution in [0.2, 0.25) is 0 Å². The highest BCUT2D eigenvalue weighted by Gasteiger charge is 2.20. The predicted octanol–water partition coefficient (Wildman–Crippen LogP) is 1.94. The summed E-state index contributed by atoms with van der Waals surface area (Å²) in [5.74, 6) is 0.448. The molecule has 0 atom stereocenters. The lowest BCUT2D eigenvalue weighted by molar-refractivity contribution is 0.260. The molecule has 0 radical (unpaired) electrons. The molecule has 1 N–H and O–H groups in total. The summed E-state index contributed by atoms with van der Waals surface area (Å²) in [7, 11) is -3.53. The lowest BCUT2D eigenvalue weighted by atomic mass is 10.1. The van der Waals surface area contributed by atoms with E-state index in [9.17, 15) is 8.42 Å². The van der Waals surface area contributed by atoms with Crippen LogP contribution >= 0.6 is 11.3 Å². The molecule has 3 rings (SSSR count). The summed E-state index contributed by atoms with van der Waals surface area (Å²) in [4.78, 5) is 7.78. The molecule has 0 saturated heterocycles. The Morgan fingerprint density at radius 3 is 3.04 bits per heavy atom. The number of nitrogens with one attached hydrogen (secondary N) is 1. The van der Waals surface area contributed by atoms with Crippen molar-refractivity contribution in [1.29, 1.82) is 0 Å². The molecule has 0 aromatic carbocycles. The Labute approximate surface area is 147 Å². The Balaban J connectivity index is 1.51. The summed E-state index contributed by atoms with van der Waals surface area (Å²) in [5.41, 5.74) is 1.38. The van der Waals surface area contributed by atoms with Gasteiger partial charge >= 0.3 is 0 Å². The van der Waals surface area contributed by atoms with Gasteiger partial charge in [0.2, 0.25) is 0 Å². The van der Waals surface area contributed by atoms with Crippen LogP contribution in [0.15, 0.2) is 29.0 Å². The third kappa shape index (κ3) is 4.24. The molecule has 0 aliphatic carbocycles. The maximum absolute atomic E-state index is 12.3. The molecular formula is C16H24N4O2S2. The van der Waals surface area contributed by atoms with E-state index in [-0.39, 0.29) is 5.03 Å². The number of hydrogen-bond donors (Lipinski definition) is 1. The minimum absolute atomic E-state index is 0.0990. The van der Waals surface area contributed by atoms with Crippen molar-refractivity contribution in [3.05, 3.63) is 34.4 Å². The van der Waals surface area contributed by atoms with Gasteiger partial charge < -0.3 is 4.57 Å². The minimum Gasteiger partial charge on any atom is -0.336 e. The molecule has 24 heavy (non-hydrogen) atoms. The minimum atomic E-state index is -3.53. The Bertz CT molecular complexity index is 780. The van der Waals surface area contributed by atoms with Crippen LogP contribution in [0.3, 0.4) is 0 Å². The molecule has 3 heterocycles. The SMILES string of the molecule is CC(C)Cn1cnc(S(=O)(=O)NCCN2CCc3sccc3C2)c1. The molecule has 0 unspecified atom stereocenters. The molecule has 1 aliphatic heterocycles. The molecule has 2 aromatic heterocycles. The highest BCUT2D eigenvalue weighted by atomic mass is 32.2. The number of imidazole rings is 1. The van der Waals surface area contributed by atoms with Crippen LogP contribution in [0.5, 0.6) is 0 Å². The van der Waals surface area contributed by atoms with E-state index in [4.69, 9.17) is 0 Å². The quantitative estimate of drug-likeness (QED) is 0.811. The summed E-state index contributed by atoms with van der Waals surface area (Å²) in [6.45, 7) is 7.94. The number of thiophene rings is 1. The number of sulfonamides is 1. The number of rotatable bonds is 7. The van der Waals surface area contributed by atoms with Crippen molar-refractivity contribution in [3.8, 4) is 0 Å². The normalized spacial score (nSPS) is 15.8. The van der Waals surface area contributed by atoms with Crippen LogP contribution in [0.1, 0.15) is 24.3 Å². The fourth-order valence-corrected chi connectivity index (χ4v) is 4.77. The van der Waals surface area contributed by atoms with Gasteiger partial charge in [-0.2, -0.15) is 0 Å². The summed E-state index contributed by atoms with van der Waals surface area (Å²) in [5, 5.41) is 2.23. The average Bonchev–Trinajstić information content (AvgIpc) is 3.15. The van der Waals surface area contributed by atoms with Gasteiger partial charge in [0.15, 0.2) is 5.03 Å². The average molecular weight is 369 g/mol. The van der Waals surface area contributed by atoms with Crippen LogP contribution in [0.25, 0.3) is 0 Å². The van der Waals surface area contributed by atoms with Crippen LogP contribution in [0, 0.1) is 5.92 Å². The van der Waals surface area contributed by atoms with Gasteiger partial charge in [0.05, 0.1) is 6.33 Å². The van der Waals surface area contributed by atoms with E-state index in [1.807, 2.05) is 15.9 Å². The predicted molar refractivity (Wildman–Crippen MR) is 95.6 cm³/mol. The largest absolute Gasteiger partial charge is 0.336 e. The second-order valence-electron chi connectivity index (χ2n) is 6.60. The van der Waals surface area contributed by atoms with Crippen LogP contribution < -0.4 is 4.72 Å². The lowest BCUT2D eigenvalue weighted by Crippen LogP contribution is -2.37. The lowest BCUT2D eigenvalue weighted by Gasteiger charge is -2.26. The Morgan fingerprint density at radius 1 is 1.42 bits per heavy atom. The fraction of sp³-hybridized carbons (Fsp3) is 0.562. The molecule has 0 fully saturated rings. The topological polar surface area (TPSA) is 67.2 Å². The first-order chi connectivity index (χ1) is 11.4. The molecule has 132 valence electrons. The molecule has 0 spiro atoms. The van der Waals surface area contributed by atoms with Crippen molar-refractivity contribution in [2.75, 3.05) is 19.6 Å².